The Morgan fingerprint density at radius 1 is 1.07 bits per heavy atom. The topological polar surface area (TPSA) is 67.1 Å². The predicted molar refractivity (Wildman–Crippen MR) is 128 cm³/mol. The molecule has 0 bridgehead atoms. The van der Waals surface area contributed by atoms with E-state index < -0.39 is 0 Å². The first kappa shape index (κ1) is 22.1. The Morgan fingerprint density at radius 2 is 1.90 bits per heavy atom. The lowest BCUT2D eigenvalue weighted by molar-refractivity contribution is 0.244. The molecule has 1 aliphatic heterocycles. The van der Waals surface area contributed by atoms with E-state index in [9.17, 15) is 0 Å². The number of hydrogen-bond donors (Lipinski definition) is 2. The second-order valence-electron chi connectivity index (χ2n) is 8.10. The molecule has 0 radical (unpaired) electrons. The largest absolute Gasteiger partial charge is 0.356 e. The fraction of sp³-hybridized carbons (Fsp3) is 0.591. The first-order valence-corrected chi connectivity index (χ1v) is 10.7. The highest BCUT2D eigenvalue weighted by Crippen LogP contribution is 2.43. The highest BCUT2D eigenvalue weighted by atomic mass is 127. The molecule has 2 heterocycles. The zero-order valence-electron chi connectivity index (χ0n) is 17.4. The van der Waals surface area contributed by atoms with Crippen LogP contribution in [0.1, 0.15) is 55.7 Å². The molecule has 1 aromatic heterocycles. The van der Waals surface area contributed by atoms with E-state index in [2.05, 4.69) is 60.7 Å². The van der Waals surface area contributed by atoms with Gasteiger partial charge in [-0.2, -0.15) is 0 Å². The molecule has 6 nitrogen and oxygen atoms in total. The van der Waals surface area contributed by atoms with E-state index in [-0.39, 0.29) is 29.4 Å². The van der Waals surface area contributed by atoms with Crippen LogP contribution in [0.15, 0.2) is 35.3 Å². The Balaban J connectivity index is 0.00000240. The van der Waals surface area contributed by atoms with Gasteiger partial charge in [0.15, 0.2) is 5.96 Å². The summed E-state index contributed by atoms with van der Waals surface area (Å²) in [7, 11) is 1.84. The summed E-state index contributed by atoms with van der Waals surface area (Å²) in [4.78, 5) is 4.42. The number of hydrogen-bond acceptors (Lipinski definition) is 3. The van der Waals surface area contributed by atoms with Crippen LogP contribution in [-0.4, -0.2) is 40.9 Å². The van der Waals surface area contributed by atoms with E-state index in [0.717, 1.165) is 50.1 Å². The van der Waals surface area contributed by atoms with Crippen molar-refractivity contribution in [3.63, 3.8) is 0 Å². The van der Waals surface area contributed by atoms with E-state index in [1.165, 1.54) is 44.1 Å². The molecule has 2 N–H and O–H groups in total. The number of benzene rings is 1. The molecule has 2 aliphatic rings. The Hall–Kier alpha value is -1.64. The average molecular weight is 508 g/mol. The van der Waals surface area contributed by atoms with Gasteiger partial charge in [0.1, 0.15) is 11.6 Å². The van der Waals surface area contributed by atoms with Gasteiger partial charge >= 0.3 is 0 Å². The highest BCUT2D eigenvalue weighted by Gasteiger charge is 2.38. The standard InChI is InChI=1S/C22H32N6.HI/c1-23-21(25-17-22(13-8-14-22)18-9-4-2-5-10-18)24-15-12-20-27-26-19-11-6-3-7-16-28(19)20;/h2,4-5,9-10H,3,6-8,11-17H2,1H3,(H2,23,24,25);1H. The van der Waals surface area contributed by atoms with Crippen molar-refractivity contribution < 1.29 is 0 Å². The lowest BCUT2D eigenvalue weighted by atomic mass is 9.64. The quantitative estimate of drug-likeness (QED) is 0.357. The second-order valence-corrected chi connectivity index (χ2v) is 8.10. The van der Waals surface area contributed by atoms with Gasteiger partial charge < -0.3 is 15.2 Å². The van der Waals surface area contributed by atoms with E-state index in [1.807, 2.05) is 7.05 Å². The van der Waals surface area contributed by atoms with Crippen molar-refractivity contribution >= 4 is 29.9 Å². The summed E-state index contributed by atoms with van der Waals surface area (Å²) in [6, 6.07) is 10.9. The fourth-order valence-electron chi connectivity index (χ4n) is 4.46. The van der Waals surface area contributed by atoms with Crippen molar-refractivity contribution in [3.8, 4) is 0 Å². The normalized spacial score (nSPS) is 18.0. The van der Waals surface area contributed by atoms with E-state index in [0.29, 0.717) is 0 Å². The molecule has 1 fully saturated rings. The molecular formula is C22H33IN6. The van der Waals surface area contributed by atoms with Gasteiger partial charge in [0.25, 0.3) is 0 Å². The average Bonchev–Trinajstić information content (AvgIpc) is 2.93. The summed E-state index contributed by atoms with van der Waals surface area (Å²) in [6.45, 7) is 2.80. The third-order valence-corrected chi connectivity index (χ3v) is 6.34. The number of aromatic nitrogens is 3. The number of halogens is 1. The number of rotatable bonds is 6. The van der Waals surface area contributed by atoms with Crippen LogP contribution in [0.2, 0.25) is 0 Å². The van der Waals surface area contributed by atoms with Gasteiger partial charge in [-0.15, -0.1) is 34.2 Å². The monoisotopic (exact) mass is 508 g/mol. The third kappa shape index (κ3) is 5.10. The number of nitrogens with zero attached hydrogens (tertiary/aromatic N) is 4. The van der Waals surface area contributed by atoms with Gasteiger partial charge in [0, 0.05) is 44.9 Å². The molecule has 0 atom stereocenters. The zero-order valence-corrected chi connectivity index (χ0v) is 19.7. The zero-order chi connectivity index (χ0) is 19.2. The molecule has 29 heavy (non-hydrogen) atoms. The predicted octanol–water partition coefficient (Wildman–Crippen LogP) is 3.45. The van der Waals surface area contributed by atoms with Gasteiger partial charge in [0.2, 0.25) is 0 Å². The van der Waals surface area contributed by atoms with Crippen molar-refractivity contribution in [2.75, 3.05) is 20.1 Å². The summed E-state index contributed by atoms with van der Waals surface area (Å²) in [5.41, 5.74) is 1.69. The molecule has 0 amide bonds. The van der Waals surface area contributed by atoms with Crippen LogP contribution in [0, 0.1) is 0 Å². The second kappa shape index (κ2) is 10.4. The Morgan fingerprint density at radius 3 is 2.62 bits per heavy atom. The van der Waals surface area contributed by atoms with Crippen LogP contribution in [-0.2, 0) is 24.8 Å². The fourth-order valence-corrected chi connectivity index (χ4v) is 4.46. The molecule has 1 aliphatic carbocycles. The molecule has 0 spiro atoms. The summed E-state index contributed by atoms with van der Waals surface area (Å²) in [5, 5.41) is 15.8. The summed E-state index contributed by atoms with van der Waals surface area (Å²) in [6.07, 6.45) is 9.48. The maximum atomic E-state index is 4.42. The summed E-state index contributed by atoms with van der Waals surface area (Å²) < 4.78 is 2.32. The van der Waals surface area contributed by atoms with Gasteiger partial charge in [0.05, 0.1) is 0 Å². The smallest absolute Gasteiger partial charge is 0.191 e. The summed E-state index contributed by atoms with van der Waals surface area (Å²) in [5.74, 6) is 3.13. The van der Waals surface area contributed by atoms with Crippen LogP contribution < -0.4 is 10.6 Å². The number of nitrogens with one attached hydrogen (secondary N) is 2. The molecule has 158 valence electrons. The number of fused-ring (bicyclic) bond motifs is 1. The Bertz CT molecular complexity index is 797. The van der Waals surface area contributed by atoms with Crippen LogP contribution in [0.4, 0.5) is 0 Å². The lowest BCUT2D eigenvalue weighted by Gasteiger charge is -2.43. The molecule has 7 heteroatoms. The lowest BCUT2D eigenvalue weighted by Crippen LogP contribution is -2.49. The molecule has 1 saturated carbocycles. The van der Waals surface area contributed by atoms with Crippen molar-refractivity contribution in [2.45, 2.75) is 63.3 Å². The van der Waals surface area contributed by atoms with E-state index >= 15 is 0 Å². The van der Waals surface area contributed by atoms with E-state index in [4.69, 9.17) is 0 Å². The van der Waals surface area contributed by atoms with Crippen LogP contribution in [0.25, 0.3) is 0 Å². The first-order valence-electron chi connectivity index (χ1n) is 10.7. The third-order valence-electron chi connectivity index (χ3n) is 6.34. The van der Waals surface area contributed by atoms with Crippen molar-refractivity contribution in [1.82, 2.24) is 25.4 Å². The summed E-state index contributed by atoms with van der Waals surface area (Å²) >= 11 is 0. The van der Waals surface area contributed by atoms with Crippen molar-refractivity contribution in [3.05, 3.63) is 47.5 Å². The van der Waals surface area contributed by atoms with Crippen molar-refractivity contribution in [2.24, 2.45) is 4.99 Å². The van der Waals surface area contributed by atoms with E-state index in [1.54, 1.807) is 0 Å². The maximum Gasteiger partial charge on any atom is 0.191 e. The SMILES string of the molecule is CN=C(NCCc1nnc2n1CCCCC2)NCC1(c2ccccc2)CCC1.I. The minimum absolute atomic E-state index is 0. The van der Waals surface area contributed by atoms with Gasteiger partial charge in [-0.25, -0.2) is 0 Å². The molecular weight excluding hydrogens is 475 g/mol. The highest BCUT2D eigenvalue weighted by molar-refractivity contribution is 14.0. The number of aryl methyl sites for hydroxylation is 1. The minimum Gasteiger partial charge on any atom is -0.356 e. The molecule has 0 saturated heterocycles. The Labute approximate surface area is 191 Å². The van der Waals surface area contributed by atoms with Crippen LogP contribution >= 0.6 is 24.0 Å². The first-order chi connectivity index (χ1) is 13.8. The van der Waals surface area contributed by atoms with Gasteiger partial charge in [-0.1, -0.05) is 43.2 Å². The van der Waals surface area contributed by atoms with Gasteiger partial charge in [-0.05, 0) is 31.2 Å². The molecule has 2 aromatic rings. The van der Waals surface area contributed by atoms with Crippen LogP contribution in [0.3, 0.4) is 0 Å². The molecule has 1 aromatic carbocycles. The molecule has 4 rings (SSSR count). The van der Waals surface area contributed by atoms with Crippen molar-refractivity contribution in [1.29, 1.82) is 0 Å². The Kier molecular flexibility index (Phi) is 7.91. The number of guanidine groups is 1. The molecule has 0 unspecified atom stereocenters. The van der Waals surface area contributed by atoms with Crippen LogP contribution in [0.5, 0.6) is 0 Å². The van der Waals surface area contributed by atoms with Gasteiger partial charge in [-0.3, -0.25) is 4.99 Å². The maximum absolute atomic E-state index is 4.42. The minimum atomic E-state index is 0. The number of aliphatic imine (C=N–C) groups is 1.